The number of rotatable bonds is 3. The van der Waals surface area contributed by atoms with Gasteiger partial charge in [0, 0.05) is 12.0 Å². The Labute approximate surface area is 99.9 Å². The average Bonchev–Trinajstić information content (AvgIpc) is 2.27. The van der Waals surface area contributed by atoms with Gasteiger partial charge in [-0.05, 0) is 43.5 Å². The fourth-order valence-corrected chi connectivity index (χ4v) is 2.00. The minimum Gasteiger partial charge on any atom is -0.396 e. The maximum Gasteiger partial charge on any atom is 0.132 e. The SMILES string of the molecule is Cc1ccc2nc(Cl)c(CCCO)cc2c1. The van der Waals surface area contributed by atoms with Crippen molar-refractivity contribution in [3.8, 4) is 0 Å². The van der Waals surface area contributed by atoms with E-state index in [-0.39, 0.29) is 6.61 Å². The molecule has 0 amide bonds. The zero-order valence-corrected chi connectivity index (χ0v) is 9.96. The third-order valence-corrected chi connectivity index (χ3v) is 2.93. The minimum atomic E-state index is 0.183. The van der Waals surface area contributed by atoms with E-state index in [1.807, 2.05) is 12.1 Å². The first-order valence-electron chi connectivity index (χ1n) is 5.37. The van der Waals surface area contributed by atoms with Gasteiger partial charge in [-0.1, -0.05) is 23.2 Å². The van der Waals surface area contributed by atoms with Gasteiger partial charge < -0.3 is 5.11 Å². The summed E-state index contributed by atoms with van der Waals surface area (Å²) >= 11 is 6.09. The van der Waals surface area contributed by atoms with Crippen molar-refractivity contribution in [3.63, 3.8) is 0 Å². The smallest absolute Gasteiger partial charge is 0.132 e. The molecule has 0 unspecified atom stereocenters. The normalized spacial score (nSPS) is 10.9. The van der Waals surface area contributed by atoms with Gasteiger partial charge in [0.1, 0.15) is 5.15 Å². The van der Waals surface area contributed by atoms with E-state index < -0.39 is 0 Å². The molecule has 16 heavy (non-hydrogen) atoms. The van der Waals surface area contributed by atoms with Gasteiger partial charge in [0.25, 0.3) is 0 Å². The van der Waals surface area contributed by atoms with Crippen LogP contribution < -0.4 is 0 Å². The Morgan fingerprint density at radius 2 is 2.12 bits per heavy atom. The van der Waals surface area contributed by atoms with Crippen LogP contribution in [0.2, 0.25) is 5.15 Å². The second-order valence-corrected chi connectivity index (χ2v) is 4.32. The summed E-state index contributed by atoms with van der Waals surface area (Å²) in [5, 5.41) is 10.5. The van der Waals surface area contributed by atoms with Crippen LogP contribution in [0.15, 0.2) is 24.3 Å². The van der Waals surface area contributed by atoms with E-state index in [1.165, 1.54) is 5.56 Å². The average molecular weight is 236 g/mol. The fourth-order valence-electron chi connectivity index (χ4n) is 1.76. The standard InChI is InChI=1S/C13H14ClNO/c1-9-4-5-12-11(7-9)8-10(3-2-6-16)13(14)15-12/h4-5,7-8,16H,2-3,6H2,1H3. The van der Waals surface area contributed by atoms with Crippen molar-refractivity contribution >= 4 is 22.5 Å². The Hall–Kier alpha value is -1.12. The largest absolute Gasteiger partial charge is 0.396 e. The third-order valence-electron chi connectivity index (χ3n) is 2.60. The first kappa shape index (κ1) is 11.4. The molecule has 0 radical (unpaired) electrons. The number of nitrogens with zero attached hydrogens (tertiary/aromatic N) is 1. The summed E-state index contributed by atoms with van der Waals surface area (Å²) in [6.45, 7) is 2.24. The summed E-state index contributed by atoms with van der Waals surface area (Å²) in [5.74, 6) is 0. The van der Waals surface area contributed by atoms with Gasteiger partial charge in [0.15, 0.2) is 0 Å². The van der Waals surface area contributed by atoms with Crippen LogP contribution in [0.3, 0.4) is 0 Å². The van der Waals surface area contributed by atoms with Crippen LogP contribution in [0, 0.1) is 6.92 Å². The lowest BCUT2D eigenvalue weighted by Gasteiger charge is -2.05. The lowest BCUT2D eigenvalue weighted by molar-refractivity contribution is 0.288. The number of fused-ring (bicyclic) bond motifs is 1. The number of aliphatic hydroxyl groups is 1. The number of aryl methyl sites for hydroxylation is 2. The topological polar surface area (TPSA) is 33.1 Å². The van der Waals surface area contributed by atoms with Gasteiger partial charge in [-0.2, -0.15) is 0 Å². The predicted molar refractivity (Wildman–Crippen MR) is 66.9 cm³/mol. The van der Waals surface area contributed by atoms with E-state index in [1.54, 1.807) is 0 Å². The van der Waals surface area contributed by atoms with Gasteiger partial charge in [-0.15, -0.1) is 0 Å². The van der Waals surface area contributed by atoms with Crippen LogP contribution in [0.5, 0.6) is 0 Å². The molecule has 0 saturated carbocycles. The van der Waals surface area contributed by atoms with E-state index in [0.29, 0.717) is 5.15 Å². The van der Waals surface area contributed by atoms with Crippen LogP contribution in [-0.2, 0) is 6.42 Å². The van der Waals surface area contributed by atoms with Crippen molar-refractivity contribution in [2.75, 3.05) is 6.61 Å². The van der Waals surface area contributed by atoms with Crippen LogP contribution in [-0.4, -0.2) is 16.7 Å². The van der Waals surface area contributed by atoms with Crippen molar-refractivity contribution in [2.24, 2.45) is 0 Å². The Morgan fingerprint density at radius 1 is 1.31 bits per heavy atom. The van der Waals surface area contributed by atoms with Crippen LogP contribution in [0.4, 0.5) is 0 Å². The molecule has 1 aromatic carbocycles. The highest BCUT2D eigenvalue weighted by Crippen LogP contribution is 2.22. The molecule has 1 aromatic heterocycles. The van der Waals surface area contributed by atoms with Gasteiger partial charge in [0.05, 0.1) is 5.52 Å². The molecule has 3 heteroatoms. The summed E-state index contributed by atoms with van der Waals surface area (Å²) < 4.78 is 0. The first-order chi connectivity index (χ1) is 7.70. The van der Waals surface area contributed by atoms with Gasteiger partial charge in [-0.25, -0.2) is 4.98 Å². The Kier molecular flexibility index (Phi) is 3.42. The van der Waals surface area contributed by atoms with E-state index >= 15 is 0 Å². The monoisotopic (exact) mass is 235 g/mol. The van der Waals surface area contributed by atoms with Crippen molar-refractivity contribution < 1.29 is 5.11 Å². The van der Waals surface area contributed by atoms with Crippen molar-refractivity contribution in [1.29, 1.82) is 0 Å². The van der Waals surface area contributed by atoms with Crippen LogP contribution >= 0.6 is 11.6 Å². The van der Waals surface area contributed by atoms with E-state index in [2.05, 4.69) is 24.0 Å². The molecule has 0 aliphatic heterocycles. The summed E-state index contributed by atoms with van der Waals surface area (Å²) in [6.07, 6.45) is 1.49. The molecule has 0 saturated heterocycles. The predicted octanol–water partition coefficient (Wildman–Crippen LogP) is 3.12. The number of aliphatic hydroxyl groups excluding tert-OH is 1. The molecule has 0 fully saturated rings. The number of halogens is 1. The fraction of sp³-hybridized carbons (Fsp3) is 0.308. The lowest BCUT2D eigenvalue weighted by atomic mass is 10.1. The highest BCUT2D eigenvalue weighted by atomic mass is 35.5. The molecule has 1 heterocycles. The lowest BCUT2D eigenvalue weighted by Crippen LogP contribution is -1.93. The zero-order valence-electron chi connectivity index (χ0n) is 9.20. The van der Waals surface area contributed by atoms with Crippen molar-refractivity contribution in [2.45, 2.75) is 19.8 Å². The van der Waals surface area contributed by atoms with Crippen molar-refractivity contribution in [1.82, 2.24) is 4.98 Å². The molecule has 1 N–H and O–H groups in total. The summed E-state index contributed by atoms with van der Waals surface area (Å²) in [6, 6.07) is 8.17. The molecule has 2 rings (SSSR count). The first-order valence-corrected chi connectivity index (χ1v) is 5.75. The third kappa shape index (κ3) is 2.34. The molecule has 0 atom stereocenters. The molecular formula is C13H14ClNO. The highest BCUT2D eigenvalue weighted by molar-refractivity contribution is 6.30. The summed E-state index contributed by atoms with van der Waals surface area (Å²) in [7, 11) is 0. The Balaban J connectivity index is 2.46. The van der Waals surface area contributed by atoms with E-state index in [4.69, 9.17) is 16.7 Å². The van der Waals surface area contributed by atoms with Gasteiger partial charge in [0.2, 0.25) is 0 Å². The summed E-state index contributed by atoms with van der Waals surface area (Å²) in [4.78, 5) is 4.35. The quantitative estimate of drug-likeness (QED) is 0.830. The summed E-state index contributed by atoms with van der Waals surface area (Å²) in [5.41, 5.74) is 3.14. The second kappa shape index (κ2) is 4.81. The molecule has 0 bridgehead atoms. The Bertz CT molecular complexity index is 511. The van der Waals surface area contributed by atoms with Crippen LogP contribution in [0.25, 0.3) is 10.9 Å². The molecule has 2 nitrogen and oxygen atoms in total. The molecule has 84 valence electrons. The number of pyridine rings is 1. The van der Waals surface area contributed by atoms with E-state index in [0.717, 1.165) is 29.3 Å². The zero-order chi connectivity index (χ0) is 11.5. The maximum atomic E-state index is 8.81. The van der Waals surface area contributed by atoms with Gasteiger partial charge >= 0.3 is 0 Å². The molecule has 2 aromatic rings. The highest BCUT2D eigenvalue weighted by Gasteiger charge is 2.04. The van der Waals surface area contributed by atoms with Gasteiger partial charge in [-0.3, -0.25) is 0 Å². The van der Waals surface area contributed by atoms with Crippen LogP contribution in [0.1, 0.15) is 17.5 Å². The second-order valence-electron chi connectivity index (χ2n) is 3.96. The number of benzene rings is 1. The Morgan fingerprint density at radius 3 is 2.88 bits per heavy atom. The number of hydrogen-bond acceptors (Lipinski definition) is 2. The maximum absolute atomic E-state index is 8.81. The van der Waals surface area contributed by atoms with Crippen molar-refractivity contribution in [3.05, 3.63) is 40.5 Å². The molecular weight excluding hydrogens is 222 g/mol. The molecule has 0 spiro atoms. The number of hydrogen-bond donors (Lipinski definition) is 1. The number of aromatic nitrogens is 1. The van der Waals surface area contributed by atoms with E-state index in [9.17, 15) is 0 Å². The molecule has 0 aliphatic rings. The minimum absolute atomic E-state index is 0.183. The molecule has 0 aliphatic carbocycles.